The molecule has 0 unspecified atom stereocenters. The number of rotatable bonds is 3. The number of para-hydroxylation sites is 1. The summed E-state index contributed by atoms with van der Waals surface area (Å²) in [6, 6.07) is 18.6. The quantitative estimate of drug-likeness (QED) is 0.538. The molecule has 0 fully saturated rings. The summed E-state index contributed by atoms with van der Waals surface area (Å²) in [5, 5.41) is 0.474. The molecule has 0 saturated heterocycles. The zero-order valence-corrected chi connectivity index (χ0v) is 17.5. The van der Waals surface area contributed by atoms with Crippen LogP contribution in [0.3, 0.4) is 0 Å². The van der Waals surface area contributed by atoms with Crippen molar-refractivity contribution in [2.45, 2.75) is 13.3 Å². The van der Waals surface area contributed by atoms with E-state index in [2.05, 4.69) is 0 Å². The van der Waals surface area contributed by atoms with E-state index in [1.807, 2.05) is 36.1 Å². The van der Waals surface area contributed by atoms with Gasteiger partial charge in [-0.3, -0.25) is 9.59 Å². The Kier molecular flexibility index (Phi) is 4.63. The Hall–Kier alpha value is -3.44. The second-order valence-electron chi connectivity index (χ2n) is 7.64. The van der Waals surface area contributed by atoms with Crippen LogP contribution in [0.15, 0.2) is 72.4 Å². The molecule has 0 N–H and O–H groups in total. The number of aryl methyl sites for hydroxylation is 1. The van der Waals surface area contributed by atoms with Gasteiger partial charge in [0.15, 0.2) is 0 Å². The summed E-state index contributed by atoms with van der Waals surface area (Å²) in [4.78, 5) is 30.3. The van der Waals surface area contributed by atoms with Gasteiger partial charge in [0.05, 0.1) is 11.3 Å². The smallest absolute Gasteiger partial charge is 0.282 e. The Morgan fingerprint density at radius 3 is 2.42 bits per heavy atom. The summed E-state index contributed by atoms with van der Waals surface area (Å²) in [5.41, 5.74) is 4.35. The highest BCUT2D eigenvalue weighted by Gasteiger charge is 2.44. The molecule has 4 nitrogen and oxygen atoms in total. The molecule has 154 valence electrons. The molecule has 0 aliphatic carbocycles. The van der Waals surface area contributed by atoms with Crippen LogP contribution in [0, 0.1) is 12.7 Å². The SMILES string of the molecule is Cc1ccc(N2C(=O)C(c3ccc(F)cc3)=C(N3CCc4ccccc43)C2=O)cc1Cl. The van der Waals surface area contributed by atoms with E-state index in [1.54, 1.807) is 18.2 Å². The van der Waals surface area contributed by atoms with E-state index in [9.17, 15) is 14.0 Å². The Balaban J connectivity index is 1.68. The third-order valence-electron chi connectivity index (χ3n) is 5.76. The summed E-state index contributed by atoms with van der Waals surface area (Å²) < 4.78 is 13.6. The van der Waals surface area contributed by atoms with Gasteiger partial charge in [0.2, 0.25) is 0 Å². The largest absolute Gasteiger partial charge is 0.336 e. The lowest BCUT2D eigenvalue weighted by Gasteiger charge is -2.22. The van der Waals surface area contributed by atoms with Gasteiger partial charge in [0.25, 0.3) is 11.8 Å². The number of fused-ring (bicyclic) bond motifs is 1. The lowest BCUT2D eigenvalue weighted by atomic mass is 10.0. The minimum Gasteiger partial charge on any atom is -0.336 e. The maximum Gasteiger partial charge on any atom is 0.282 e. The number of nitrogens with zero attached hydrogens (tertiary/aromatic N) is 2. The van der Waals surface area contributed by atoms with Crippen LogP contribution >= 0.6 is 11.6 Å². The van der Waals surface area contributed by atoms with Gasteiger partial charge >= 0.3 is 0 Å². The molecule has 6 heteroatoms. The van der Waals surface area contributed by atoms with Crippen LogP contribution in [0.25, 0.3) is 5.57 Å². The number of carbonyl (C=O) groups is 2. The maximum absolute atomic E-state index is 13.6. The predicted octanol–water partition coefficient (Wildman–Crippen LogP) is 5.13. The van der Waals surface area contributed by atoms with Crippen LogP contribution in [0.5, 0.6) is 0 Å². The van der Waals surface area contributed by atoms with E-state index in [1.165, 1.54) is 24.3 Å². The molecule has 3 aromatic carbocycles. The van der Waals surface area contributed by atoms with Gasteiger partial charge in [0.1, 0.15) is 11.5 Å². The first-order valence-electron chi connectivity index (χ1n) is 9.96. The molecule has 2 amide bonds. The Bertz CT molecular complexity index is 1270. The number of carbonyl (C=O) groups excluding carboxylic acids is 2. The van der Waals surface area contributed by atoms with Crippen LogP contribution < -0.4 is 9.80 Å². The lowest BCUT2D eigenvalue weighted by Crippen LogP contribution is -2.34. The number of amides is 2. The summed E-state index contributed by atoms with van der Waals surface area (Å²) in [5.74, 6) is -1.27. The fourth-order valence-corrected chi connectivity index (χ4v) is 4.35. The van der Waals surface area contributed by atoms with Crippen molar-refractivity contribution < 1.29 is 14.0 Å². The summed E-state index contributed by atoms with van der Waals surface area (Å²) in [7, 11) is 0. The van der Waals surface area contributed by atoms with Gasteiger partial charge in [0, 0.05) is 17.3 Å². The molecule has 31 heavy (non-hydrogen) atoms. The number of hydrogen-bond acceptors (Lipinski definition) is 3. The maximum atomic E-state index is 13.6. The first-order chi connectivity index (χ1) is 15.0. The van der Waals surface area contributed by atoms with Crippen LogP contribution in [-0.2, 0) is 16.0 Å². The highest BCUT2D eigenvalue weighted by atomic mass is 35.5. The highest BCUT2D eigenvalue weighted by molar-refractivity contribution is 6.46. The van der Waals surface area contributed by atoms with Crippen LogP contribution in [0.4, 0.5) is 15.8 Å². The number of imide groups is 1. The Morgan fingerprint density at radius 1 is 0.935 bits per heavy atom. The highest BCUT2D eigenvalue weighted by Crippen LogP contribution is 2.40. The fourth-order valence-electron chi connectivity index (χ4n) is 4.17. The third-order valence-corrected chi connectivity index (χ3v) is 6.17. The number of hydrogen-bond donors (Lipinski definition) is 0. The minimum absolute atomic E-state index is 0.262. The number of benzene rings is 3. The lowest BCUT2D eigenvalue weighted by molar-refractivity contribution is -0.120. The van der Waals surface area contributed by atoms with Crippen molar-refractivity contribution in [3.63, 3.8) is 0 Å². The molecule has 5 rings (SSSR count). The first kappa shape index (κ1) is 19.5. The van der Waals surface area contributed by atoms with Gasteiger partial charge in [-0.25, -0.2) is 9.29 Å². The fraction of sp³-hybridized carbons (Fsp3) is 0.120. The molecule has 0 atom stereocenters. The summed E-state index contributed by atoms with van der Waals surface area (Å²) in [6.45, 7) is 2.44. The van der Waals surface area contributed by atoms with Gasteiger partial charge in [-0.05, 0) is 60.4 Å². The molecule has 0 saturated carbocycles. The molecule has 2 aliphatic heterocycles. The van der Waals surface area contributed by atoms with Crippen molar-refractivity contribution in [3.8, 4) is 0 Å². The molecule has 2 aliphatic rings. The van der Waals surface area contributed by atoms with Gasteiger partial charge in [-0.15, -0.1) is 0 Å². The average molecular weight is 433 g/mol. The standard InChI is InChI=1S/C25H18ClFN2O2/c1-15-6-11-19(14-20(15)26)29-24(30)22(17-7-9-18(27)10-8-17)23(25(29)31)28-13-12-16-4-2-3-5-21(16)28/h2-11,14H,12-13H2,1H3. The Labute approximate surface area is 184 Å². The monoisotopic (exact) mass is 432 g/mol. The second-order valence-corrected chi connectivity index (χ2v) is 8.05. The van der Waals surface area contributed by atoms with E-state index in [-0.39, 0.29) is 5.57 Å². The van der Waals surface area contributed by atoms with Crippen LogP contribution in [0.1, 0.15) is 16.7 Å². The number of halogens is 2. The second kappa shape index (κ2) is 7.36. The molecule has 0 radical (unpaired) electrons. The van der Waals surface area contributed by atoms with Crippen molar-refractivity contribution >= 4 is 40.4 Å². The predicted molar refractivity (Wildman–Crippen MR) is 119 cm³/mol. The first-order valence-corrected chi connectivity index (χ1v) is 10.3. The Morgan fingerprint density at radius 2 is 1.68 bits per heavy atom. The van der Waals surface area contributed by atoms with Gasteiger partial charge in [-0.2, -0.15) is 0 Å². The van der Waals surface area contributed by atoms with Crippen molar-refractivity contribution in [1.82, 2.24) is 0 Å². The van der Waals surface area contributed by atoms with Crippen LogP contribution in [-0.4, -0.2) is 18.4 Å². The summed E-state index contributed by atoms with van der Waals surface area (Å²) in [6.07, 6.45) is 0.772. The zero-order chi connectivity index (χ0) is 21.7. The van der Waals surface area contributed by atoms with Crippen molar-refractivity contribution in [3.05, 3.63) is 100.0 Å². The third kappa shape index (κ3) is 3.13. The molecular weight excluding hydrogens is 415 g/mol. The van der Waals surface area contributed by atoms with Gasteiger partial charge in [-0.1, -0.05) is 48.0 Å². The number of anilines is 2. The molecular formula is C25H18ClFN2O2. The molecule has 0 spiro atoms. The normalized spacial score (nSPS) is 15.8. The minimum atomic E-state index is -0.448. The van der Waals surface area contributed by atoms with E-state index < -0.39 is 17.6 Å². The van der Waals surface area contributed by atoms with Crippen molar-refractivity contribution in [1.29, 1.82) is 0 Å². The van der Waals surface area contributed by atoms with Gasteiger partial charge < -0.3 is 4.90 Å². The zero-order valence-electron chi connectivity index (χ0n) is 16.7. The molecule has 0 bridgehead atoms. The van der Waals surface area contributed by atoms with E-state index >= 15 is 0 Å². The van der Waals surface area contributed by atoms with Crippen LogP contribution in [0.2, 0.25) is 5.02 Å². The van der Waals surface area contributed by atoms with E-state index in [0.29, 0.717) is 28.5 Å². The molecule has 0 aromatic heterocycles. The van der Waals surface area contributed by atoms with Crippen molar-refractivity contribution in [2.24, 2.45) is 0 Å². The average Bonchev–Trinajstić information content (AvgIpc) is 3.29. The van der Waals surface area contributed by atoms with E-state index in [4.69, 9.17) is 11.6 Å². The molecule has 3 aromatic rings. The summed E-state index contributed by atoms with van der Waals surface area (Å²) >= 11 is 6.27. The molecule has 2 heterocycles. The topological polar surface area (TPSA) is 40.6 Å². The van der Waals surface area contributed by atoms with Crippen molar-refractivity contribution in [2.75, 3.05) is 16.3 Å². The van der Waals surface area contributed by atoms with E-state index in [0.717, 1.165) is 28.1 Å².